The molecule has 1 heterocycles. The lowest BCUT2D eigenvalue weighted by atomic mass is 10.0. The van der Waals surface area contributed by atoms with Crippen LogP contribution in [0.2, 0.25) is 0 Å². The summed E-state index contributed by atoms with van der Waals surface area (Å²) in [7, 11) is -3.27. The maximum Gasteiger partial charge on any atom is 0.327 e. The second-order valence-corrected chi connectivity index (χ2v) is 8.57. The molecule has 0 amide bonds. The summed E-state index contributed by atoms with van der Waals surface area (Å²) in [5.41, 5.74) is 4.40. The first-order valence-corrected chi connectivity index (χ1v) is 10.8. The standard InChI is InChI=1S/C21H22N2O4S/c1-4-27-20(24)14-23-13-19(16-7-5-15(2)6-8-16)21(22-23)17-9-11-18(12-10-17)28(3,25)26/h5-13H,4,14H2,1-3H3. The van der Waals surface area contributed by atoms with Gasteiger partial charge < -0.3 is 4.74 Å². The van der Waals surface area contributed by atoms with Gasteiger partial charge in [0.25, 0.3) is 0 Å². The smallest absolute Gasteiger partial charge is 0.327 e. The third-order valence-electron chi connectivity index (χ3n) is 4.28. The number of aromatic nitrogens is 2. The van der Waals surface area contributed by atoms with Gasteiger partial charge in [0.05, 0.1) is 11.5 Å². The molecule has 0 unspecified atom stereocenters. The molecular weight excluding hydrogens is 376 g/mol. The lowest BCUT2D eigenvalue weighted by molar-refractivity contribution is -0.144. The van der Waals surface area contributed by atoms with Crippen LogP contribution in [0.3, 0.4) is 0 Å². The highest BCUT2D eigenvalue weighted by Crippen LogP contribution is 2.31. The fourth-order valence-electron chi connectivity index (χ4n) is 2.86. The zero-order valence-corrected chi connectivity index (χ0v) is 16.9. The van der Waals surface area contributed by atoms with Crippen molar-refractivity contribution in [3.63, 3.8) is 0 Å². The summed E-state index contributed by atoms with van der Waals surface area (Å²) in [6.45, 7) is 4.09. The van der Waals surface area contributed by atoms with Gasteiger partial charge in [0, 0.05) is 23.6 Å². The van der Waals surface area contributed by atoms with E-state index in [0.29, 0.717) is 12.3 Å². The van der Waals surface area contributed by atoms with Crippen LogP contribution < -0.4 is 0 Å². The maximum atomic E-state index is 11.9. The molecule has 0 atom stereocenters. The van der Waals surface area contributed by atoms with E-state index in [2.05, 4.69) is 5.10 Å². The predicted molar refractivity (Wildman–Crippen MR) is 108 cm³/mol. The summed E-state index contributed by atoms with van der Waals surface area (Å²) in [5, 5.41) is 4.56. The van der Waals surface area contributed by atoms with Crippen LogP contribution in [-0.4, -0.2) is 37.0 Å². The number of carbonyl (C=O) groups is 1. The van der Waals surface area contributed by atoms with Crippen LogP contribution in [0.15, 0.2) is 59.6 Å². The molecule has 0 saturated carbocycles. The number of sulfone groups is 1. The fourth-order valence-corrected chi connectivity index (χ4v) is 3.49. The molecule has 28 heavy (non-hydrogen) atoms. The number of rotatable bonds is 6. The number of carbonyl (C=O) groups excluding carboxylic acids is 1. The number of benzene rings is 2. The molecule has 0 fully saturated rings. The van der Waals surface area contributed by atoms with E-state index < -0.39 is 9.84 Å². The van der Waals surface area contributed by atoms with Crippen molar-refractivity contribution in [2.45, 2.75) is 25.3 Å². The van der Waals surface area contributed by atoms with Gasteiger partial charge in [-0.15, -0.1) is 0 Å². The first kappa shape index (κ1) is 19.8. The van der Waals surface area contributed by atoms with Crippen LogP contribution in [0.25, 0.3) is 22.4 Å². The van der Waals surface area contributed by atoms with E-state index in [9.17, 15) is 13.2 Å². The van der Waals surface area contributed by atoms with E-state index in [1.807, 2.05) is 31.2 Å². The Hall–Kier alpha value is -2.93. The summed E-state index contributed by atoms with van der Waals surface area (Å²) < 4.78 is 30.0. The Bertz CT molecular complexity index is 1080. The summed E-state index contributed by atoms with van der Waals surface area (Å²) in [6, 6.07) is 14.6. The number of ether oxygens (including phenoxy) is 1. The van der Waals surface area contributed by atoms with Crippen LogP contribution in [0, 0.1) is 6.92 Å². The fraction of sp³-hybridized carbons (Fsp3) is 0.238. The van der Waals surface area contributed by atoms with Gasteiger partial charge in [-0.05, 0) is 31.5 Å². The van der Waals surface area contributed by atoms with Crippen molar-refractivity contribution < 1.29 is 17.9 Å². The summed E-state index contributed by atoms with van der Waals surface area (Å²) in [5.74, 6) is -0.362. The highest BCUT2D eigenvalue weighted by atomic mass is 32.2. The highest BCUT2D eigenvalue weighted by molar-refractivity contribution is 7.90. The van der Waals surface area contributed by atoms with Crippen molar-refractivity contribution >= 4 is 15.8 Å². The molecular formula is C21H22N2O4S. The lowest BCUT2D eigenvalue weighted by Gasteiger charge is -2.05. The monoisotopic (exact) mass is 398 g/mol. The first-order valence-electron chi connectivity index (χ1n) is 8.88. The van der Waals surface area contributed by atoms with Gasteiger partial charge in [0.1, 0.15) is 12.2 Å². The van der Waals surface area contributed by atoms with E-state index in [1.165, 1.54) is 6.26 Å². The van der Waals surface area contributed by atoms with Crippen LogP contribution in [0.4, 0.5) is 0 Å². The SMILES string of the molecule is CCOC(=O)Cn1cc(-c2ccc(C)cc2)c(-c2ccc(S(C)(=O)=O)cc2)n1. The Morgan fingerprint density at radius 1 is 1.04 bits per heavy atom. The average molecular weight is 398 g/mol. The van der Waals surface area contributed by atoms with E-state index in [-0.39, 0.29) is 17.4 Å². The number of nitrogens with zero attached hydrogens (tertiary/aromatic N) is 2. The Labute approximate surface area is 164 Å². The molecule has 3 rings (SSSR count). The minimum absolute atomic E-state index is 0.00806. The molecule has 3 aromatic rings. The summed E-state index contributed by atoms with van der Waals surface area (Å²) in [6.07, 6.45) is 2.98. The zero-order valence-electron chi connectivity index (χ0n) is 16.0. The maximum absolute atomic E-state index is 11.9. The van der Waals surface area contributed by atoms with Crippen molar-refractivity contribution in [3.8, 4) is 22.4 Å². The van der Waals surface area contributed by atoms with Crippen molar-refractivity contribution in [1.29, 1.82) is 0 Å². The molecule has 0 bridgehead atoms. The molecule has 6 nitrogen and oxygen atoms in total. The molecule has 0 radical (unpaired) electrons. The summed E-state index contributed by atoms with van der Waals surface area (Å²) in [4.78, 5) is 12.1. The van der Waals surface area contributed by atoms with E-state index in [4.69, 9.17) is 4.74 Å². The molecule has 0 N–H and O–H groups in total. The van der Waals surface area contributed by atoms with Crippen molar-refractivity contribution in [2.24, 2.45) is 0 Å². The van der Waals surface area contributed by atoms with Gasteiger partial charge in [-0.1, -0.05) is 42.0 Å². The Morgan fingerprint density at radius 2 is 1.64 bits per heavy atom. The average Bonchev–Trinajstić information content (AvgIpc) is 3.05. The second kappa shape index (κ2) is 7.98. The van der Waals surface area contributed by atoms with Crippen molar-refractivity contribution in [2.75, 3.05) is 12.9 Å². The number of hydrogen-bond acceptors (Lipinski definition) is 5. The van der Waals surface area contributed by atoms with Gasteiger partial charge in [-0.3, -0.25) is 9.48 Å². The van der Waals surface area contributed by atoms with E-state index >= 15 is 0 Å². The molecule has 0 aliphatic heterocycles. The molecule has 7 heteroatoms. The van der Waals surface area contributed by atoms with Crippen LogP contribution >= 0.6 is 0 Å². The normalized spacial score (nSPS) is 11.4. The van der Waals surface area contributed by atoms with Gasteiger partial charge in [-0.2, -0.15) is 5.10 Å². The zero-order chi connectivity index (χ0) is 20.3. The largest absolute Gasteiger partial charge is 0.465 e. The second-order valence-electron chi connectivity index (χ2n) is 6.56. The van der Waals surface area contributed by atoms with Gasteiger partial charge in [-0.25, -0.2) is 8.42 Å². The molecule has 0 aliphatic carbocycles. The molecule has 0 spiro atoms. The molecule has 1 aromatic heterocycles. The number of aryl methyl sites for hydroxylation is 1. The van der Waals surface area contributed by atoms with Crippen LogP contribution in [-0.2, 0) is 25.9 Å². The van der Waals surface area contributed by atoms with Crippen LogP contribution in [0.1, 0.15) is 12.5 Å². The van der Waals surface area contributed by atoms with E-state index in [1.54, 1.807) is 42.1 Å². The van der Waals surface area contributed by atoms with Crippen molar-refractivity contribution in [3.05, 3.63) is 60.3 Å². The first-order chi connectivity index (χ1) is 13.3. The van der Waals surface area contributed by atoms with Gasteiger partial charge in [0.15, 0.2) is 9.84 Å². The highest BCUT2D eigenvalue weighted by Gasteiger charge is 2.16. The third kappa shape index (κ3) is 4.48. The molecule has 0 saturated heterocycles. The Balaban J connectivity index is 2.06. The Kier molecular flexibility index (Phi) is 5.65. The lowest BCUT2D eigenvalue weighted by Crippen LogP contribution is -2.13. The Morgan fingerprint density at radius 3 is 2.21 bits per heavy atom. The number of esters is 1. The molecule has 146 valence electrons. The van der Waals surface area contributed by atoms with Gasteiger partial charge >= 0.3 is 5.97 Å². The van der Waals surface area contributed by atoms with Gasteiger partial charge in [0.2, 0.25) is 0 Å². The van der Waals surface area contributed by atoms with Crippen LogP contribution in [0.5, 0.6) is 0 Å². The minimum atomic E-state index is -3.27. The minimum Gasteiger partial charge on any atom is -0.465 e. The number of hydrogen-bond donors (Lipinski definition) is 0. The quantitative estimate of drug-likeness (QED) is 0.594. The topological polar surface area (TPSA) is 78.3 Å². The third-order valence-corrected chi connectivity index (χ3v) is 5.41. The summed E-state index contributed by atoms with van der Waals surface area (Å²) >= 11 is 0. The molecule has 2 aromatic carbocycles. The van der Waals surface area contributed by atoms with Crippen molar-refractivity contribution in [1.82, 2.24) is 9.78 Å². The molecule has 0 aliphatic rings. The predicted octanol–water partition coefficient (Wildman–Crippen LogP) is 3.49. The van der Waals surface area contributed by atoms with E-state index in [0.717, 1.165) is 22.3 Å².